The number of halogens is 1. The first kappa shape index (κ1) is 16.9. The van der Waals surface area contributed by atoms with E-state index in [4.69, 9.17) is 9.47 Å². The second-order valence-corrected chi connectivity index (χ2v) is 5.74. The first-order valence-electron chi connectivity index (χ1n) is 7.82. The highest BCUT2D eigenvalue weighted by Gasteiger charge is 2.44. The van der Waals surface area contributed by atoms with E-state index in [2.05, 4.69) is 9.97 Å². The van der Waals surface area contributed by atoms with E-state index in [1.165, 1.54) is 31.6 Å². The lowest BCUT2D eigenvalue weighted by Crippen LogP contribution is -2.53. The van der Waals surface area contributed by atoms with Gasteiger partial charge in [0.2, 0.25) is 11.5 Å². The van der Waals surface area contributed by atoms with Gasteiger partial charge in [-0.15, -0.1) is 0 Å². The normalized spacial score (nSPS) is 16.3. The van der Waals surface area contributed by atoms with Crippen LogP contribution in [0.15, 0.2) is 36.7 Å². The van der Waals surface area contributed by atoms with Crippen molar-refractivity contribution in [2.24, 2.45) is 0 Å². The molecule has 1 aliphatic heterocycles. The predicted octanol–water partition coefficient (Wildman–Crippen LogP) is 2.13. The van der Waals surface area contributed by atoms with Gasteiger partial charge in [0.1, 0.15) is 12.1 Å². The van der Waals surface area contributed by atoms with Crippen LogP contribution in [0, 0.1) is 5.82 Å². The van der Waals surface area contributed by atoms with Crippen LogP contribution in [0.3, 0.4) is 0 Å². The standard InChI is InChI=1S/C17H18FN3O4/c1-24-15-10-14(19-11-20-15)21-8-6-17(7-9-21,16(22)23)25-13-5-3-2-4-12(13)18/h2-5,10-11H,6-9H2,1H3,(H,22,23). The Bertz CT molecular complexity index is 763. The number of anilines is 1. The van der Waals surface area contributed by atoms with Gasteiger partial charge >= 0.3 is 5.97 Å². The zero-order valence-electron chi connectivity index (χ0n) is 13.7. The van der Waals surface area contributed by atoms with Crippen molar-refractivity contribution >= 4 is 11.8 Å². The summed E-state index contributed by atoms with van der Waals surface area (Å²) in [5.41, 5.74) is -1.46. The Morgan fingerprint density at radius 2 is 2.00 bits per heavy atom. The van der Waals surface area contributed by atoms with E-state index in [0.29, 0.717) is 24.8 Å². The summed E-state index contributed by atoms with van der Waals surface area (Å²) in [5, 5.41) is 9.67. The Kier molecular flexibility index (Phi) is 4.69. The zero-order chi connectivity index (χ0) is 17.9. The SMILES string of the molecule is COc1cc(N2CCC(Oc3ccccc3F)(C(=O)O)CC2)ncn1. The number of aliphatic carboxylic acids is 1. The fraction of sp³-hybridized carbons (Fsp3) is 0.353. The number of hydrogen-bond donors (Lipinski definition) is 1. The summed E-state index contributed by atoms with van der Waals surface area (Å²) in [6, 6.07) is 7.50. The highest BCUT2D eigenvalue weighted by Crippen LogP contribution is 2.32. The highest BCUT2D eigenvalue weighted by atomic mass is 19.1. The smallest absolute Gasteiger partial charge is 0.348 e. The topological polar surface area (TPSA) is 84.8 Å². The van der Waals surface area contributed by atoms with Crippen molar-refractivity contribution in [3.05, 3.63) is 42.5 Å². The lowest BCUT2D eigenvalue weighted by atomic mass is 9.91. The number of para-hydroxylation sites is 1. The Balaban J connectivity index is 1.76. The number of ether oxygens (including phenoxy) is 2. The molecule has 25 heavy (non-hydrogen) atoms. The molecular formula is C17H18FN3O4. The van der Waals surface area contributed by atoms with Crippen molar-refractivity contribution in [2.45, 2.75) is 18.4 Å². The molecule has 0 unspecified atom stereocenters. The molecule has 2 heterocycles. The minimum absolute atomic E-state index is 0.0537. The first-order chi connectivity index (χ1) is 12.0. The summed E-state index contributed by atoms with van der Waals surface area (Å²) >= 11 is 0. The molecule has 0 spiro atoms. The van der Waals surface area contributed by atoms with E-state index < -0.39 is 17.4 Å². The molecule has 0 saturated carbocycles. The third-order valence-corrected chi connectivity index (χ3v) is 4.26. The van der Waals surface area contributed by atoms with Gasteiger partial charge in [-0.25, -0.2) is 19.2 Å². The molecule has 0 radical (unpaired) electrons. The van der Waals surface area contributed by atoms with Gasteiger partial charge in [0.15, 0.2) is 11.6 Å². The molecular weight excluding hydrogens is 329 g/mol. The number of hydrogen-bond acceptors (Lipinski definition) is 6. The van der Waals surface area contributed by atoms with Gasteiger partial charge in [0.25, 0.3) is 0 Å². The Morgan fingerprint density at radius 1 is 1.28 bits per heavy atom. The van der Waals surface area contributed by atoms with Crippen LogP contribution in [0.1, 0.15) is 12.8 Å². The first-order valence-corrected chi connectivity index (χ1v) is 7.82. The summed E-state index contributed by atoms with van der Waals surface area (Å²) in [4.78, 5) is 21.9. The summed E-state index contributed by atoms with van der Waals surface area (Å²) in [6.45, 7) is 0.807. The van der Waals surface area contributed by atoms with E-state index in [9.17, 15) is 14.3 Å². The van der Waals surface area contributed by atoms with Crippen LogP contribution in [0.2, 0.25) is 0 Å². The van der Waals surface area contributed by atoms with Crippen molar-refractivity contribution in [1.82, 2.24) is 9.97 Å². The van der Waals surface area contributed by atoms with Gasteiger partial charge in [-0.3, -0.25) is 0 Å². The van der Waals surface area contributed by atoms with Crippen molar-refractivity contribution in [3.63, 3.8) is 0 Å². The molecule has 1 fully saturated rings. The van der Waals surface area contributed by atoms with Crippen LogP contribution >= 0.6 is 0 Å². The minimum Gasteiger partial charge on any atom is -0.481 e. The second kappa shape index (κ2) is 6.92. The molecule has 8 heteroatoms. The molecule has 1 aromatic heterocycles. The number of benzene rings is 1. The third kappa shape index (κ3) is 3.47. The molecule has 7 nitrogen and oxygen atoms in total. The van der Waals surface area contributed by atoms with Crippen LogP contribution in [0.5, 0.6) is 11.6 Å². The average molecular weight is 347 g/mol. The van der Waals surface area contributed by atoms with Crippen molar-refractivity contribution in [1.29, 1.82) is 0 Å². The van der Waals surface area contributed by atoms with Crippen molar-refractivity contribution in [3.8, 4) is 11.6 Å². The van der Waals surface area contributed by atoms with E-state index in [1.54, 1.807) is 12.1 Å². The zero-order valence-corrected chi connectivity index (χ0v) is 13.7. The Morgan fingerprint density at radius 3 is 2.64 bits per heavy atom. The van der Waals surface area contributed by atoms with Crippen LogP contribution in [-0.4, -0.2) is 46.8 Å². The summed E-state index contributed by atoms with van der Waals surface area (Å²) in [7, 11) is 1.51. The molecule has 132 valence electrons. The maximum Gasteiger partial charge on any atom is 0.348 e. The van der Waals surface area contributed by atoms with Gasteiger partial charge in [-0.2, -0.15) is 0 Å². The number of methoxy groups -OCH3 is 1. The number of carboxylic acid groups (broad SMARTS) is 1. The predicted molar refractivity (Wildman–Crippen MR) is 87.4 cm³/mol. The van der Waals surface area contributed by atoms with Crippen LogP contribution in [-0.2, 0) is 4.79 Å². The maximum atomic E-state index is 13.8. The second-order valence-electron chi connectivity index (χ2n) is 5.74. The number of nitrogens with zero attached hydrogens (tertiary/aromatic N) is 3. The van der Waals surface area contributed by atoms with Gasteiger partial charge < -0.3 is 19.5 Å². The molecule has 1 aliphatic rings. The molecule has 0 atom stereocenters. The number of carboxylic acids is 1. The number of aromatic nitrogens is 2. The van der Waals surface area contributed by atoms with Crippen LogP contribution in [0.4, 0.5) is 10.2 Å². The lowest BCUT2D eigenvalue weighted by molar-refractivity contribution is -0.157. The summed E-state index contributed by atoms with van der Waals surface area (Å²) < 4.78 is 24.5. The Labute approximate surface area is 144 Å². The Hall–Kier alpha value is -2.90. The largest absolute Gasteiger partial charge is 0.481 e. The quantitative estimate of drug-likeness (QED) is 0.887. The highest BCUT2D eigenvalue weighted by molar-refractivity contribution is 5.78. The van der Waals surface area contributed by atoms with Crippen molar-refractivity contribution in [2.75, 3.05) is 25.1 Å². The summed E-state index contributed by atoms with van der Waals surface area (Å²) in [5.74, 6) is -0.650. The number of piperidine rings is 1. The van der Waals surface area contributed by atoms with Gasteiger partial charge in [-0.1, -0.05) is 12.1 Å². The molecule has 0 bridgehead atoms. The summed E-state index contributed by atoms with van der Waals surface area (Å²) in [6.07, 6.45) is 1.79. The van der Waals surface area contributed by atoms with E-state index in [1.807, 2.05) is 4.90 Å². The van der Waals surface area contributed by atoms with E-state index in [0.717, 1.165) is 0 Å². The molecule has 1 N–H and O–H groups in total. The number of carbonyl (C=O) groups is 1. The van der Waals surface area contributed by atoms with Gasteiger partial charge in [-0.05, 0) is 12.1 Å². The van der Waals surface area contributed by atoms with Crippen LogP contribution < -0.4 is 14.4 Å². The monoisotopic (exact) mass is 347 g/mol. The van der Waals surface area contributed by atoms with Crippen LogP contribution in [0.25, 0.3) is 0 Å². The van der Waals surface area contributed by atoms with Crippen molar-refractivity contribution < 1.29 is 23.8 Å². The average Bonchev–Trinajstić information content (AvgIpc) is 2.64. The lowest BCUT2D eigenvalue weighted by Gasteiger charge is -2.39. The molecule has 0 amide bonds. The maximum absolute atomic E-state index is 13.8. The van der Waals surface area contributed by atoms with Gasteiger partial charge in [0.05, 0.1) is 7.11 Å². The molecule has 1 saturated heterocycles. The fourth-order valence-corrected chi connectivity index (χ4v) is 2.81. The minimum atomic E-state index is -1.46. The fourth-order valence-electron chi connectivity index (χ4n) is 2.81. The van der Waals surface area contributed by atoms with E-state index >= 15 is 0 Å². The third-order valence-electron chi connectivity index (χ3n) is 4.26. The molecule has 0 aliphatic carbocycles. The molecule has 2 aromatic rings. The molecule has 1 aromatic carbocycles. The van der Waals surface area contributed by atoms with Gasteiger partial charge in [0, 0.05) is 32.0 Å². The molecule has 3 rings (SSSR count). The van der Waals surface area contributed by atoms with E-state index in [-0.39, 0.29) is 18.6 Å². The number of rotatable bonds is 5.